The summed E-state index contributed by atoms with van der Waals surface area (Å²) in [6.07, 6.45) is 1.68. The van der Waals surface area contributed by atoms with Crippen LogP contribution in [-0.4, -0.2) is 12.2 Å². The number of benzene rings is 4. The number of esters is 1. The molecule has 3 nitrogen and oxygen atoms in total. The molecule has 1 aromatic heterocycles. The molecule has 6 heteroatoms. The fraction of sp³-hybridized carbons (Fsp3) is 0. The van der Waals surface area contributed by atoms with Crippen LogP contribution >= 0.6 is 34.5 Å². The molecule has 0 spiro atoms. The Hall–Kier alpha value is -3.18. The van der Waals surface area contributed by atoms with Crippen LogP contribution in [0.5, 0.6) is 5.75 Å². The maximum Gasteiger partial charge on any atom is 0.355 e. The molecule has 0 amide bonds. The Morgan fingerprint density at radius 3 is 2.38 bits per heavy atom. The van der Waals surface area contributed by atoms with E-state index in [0.717, 1.165) is 20.9 Å². The highest BCUT2D eigenvalue weighted by Gasteiger charge is 2.20. The molecule has 0 aliphatic carbocycles. The van der Waals surface area contributed by atoms with Gasteiger partial charge in [0.15, 0.2) is 0 Å². The predicted molar refractivity (Wildman–Crippen MR) is 134 cm³/mol. The molecule has 0 aliphatic heterocycles. The summed E-state index contributed by atoms with van der Waals surface area (Å²) >= 11 is 14.1. The Morgan fingerprint density at radius 2 is 1.56 bits per heavy atom. The smallest absolute Gasteiger partial charge is 0.355 e. The van der Waals surface area contributed by atoms with Crippen molar-refractivity contribution in [1.29, 1.82) is 0 Å². The van der Waals surface area contributed by atoms with Crippen LogP contribution in [-0.2, 0) is 0 Å². The third kappa shape index (κ3) is 3.89. The quantitative estimate of drug-likeness (QED) is 0.149. The fourth-order valence-electron chi connectivity index (χ4n) is 3.48. The maximum absolute atomic E-state index is 13.1. The van der Waals surface area contributed by atoms with Crippen LogP contribution in [0.3, 0.4) is 0 Å². The first-order chi connectivity index (χ1) is 15.6. The van der Waals surface area contributed by atoms with E-state index in [2.05, 4.69) is 4.99 Å². The van der Waals surface area contributed by atoms with Crippen LogP contribution in [0.15, 0.2) is 89.9 Å². The standard InChI is InChI=1S/C26H15Cl2NO2S/c27-20-10-4-5-11-21(20)29-15-19-17-8-2-1-7-16(17)13-14-22(19)31-26(30)25-24(28)18-9-3-6-12-23(18)32-25/h1-15H. The van der Waals surface area contributed by atoms with Crippen LogP contribution in [0.25, 0.3) is 20.9 Å². The van der Waals surface area contributed by atoms with Gasteiger partial charge in [0.2, 0.25) is 0 Å². The molecule has 5 rings (SSSR count). The minimum Gasteiger partial charge on any atom is -0.422 e. The summed E-state index contributed by atoms with van der Waals surface area (Å²) < 4.78 is 6.77. The molecular formula is C26H15Cl2NO2S. The average Bonchev–Trinajstić information content (AvgIpc) is 3.16. The van der Waals surface area contributed by atoms with Gasteiger partial charge < -0.3 is 4.74 Å². The van der Waals surface area contributed by atoms with E-state index in [1.54, 1.807) is 18.3 Å². The highest BCUT2D eigenvalue weighted by atomic mass is 35.5. The summed E-state index contributed by atoms with van der Waals surface area (Å²) in [7, 11) is 0. The van der Waals surface area contributed by atoms with Crippen LogP contribution in [0.4, 0.5) is 5.69 Å². The van der Waals surface area contributed by atoms with Crippen molar-refractivity contribution in [3.63, 3.8) is 0 Å². The third-order valence-corrected chi connectivity index (χ3v) is 7.01. The van der Waals surface area contributed by atoms with Gasteiger partial charge in [-0.25, -0.2) is 4.79 Å². The first kappa shape index (κ1) is 20.7. The summed E-state index contributed by atoms with van der Waals surface area (Å²) in [6.45, 7) is 0. The minimum atomic E-state index is -0.501. The summed E-state index contributed by atoms with van der Waals surface area (Å²) in [5, 5.41) is 3.70. The molecule has 156 valence electrons. The topological polar surface area (TPSA) is 38.7 Å². The Bertz CT molecular complexity index is 1510. The maximum atomic E-state index is 13.1. The molecule has 0 atom stereocenters. The number of nitrogens with zero attached hydrogens (tertiary/aromatic N) is 1. The number of hydrogen-bond acceptors (Lipinski definition) is 4. The number of para-hydroxylation sites is 1. The molecule has 0 saturated heterocycles. The van der Waals surface area contributed by atoms with Gasteiger partial charge in [-0.1, -0.05) is 83.9 Å². The molecule has 0 radical (unpaired) electrons. The van der Waals surface area contributed by atoms with Gasteiger partial charge >= 0.3 is 5.97 Å². The Labute approximate surface area is 198 Å². The van der Waals surface area contributed by atoms with Crippen molar-refractivity contribution in [1.82, 2.24) is 0 Å². The number of fused-ring (bicyclic) bond motifs is 2. The monoisotopic (exact) mass is 475 g/mol. The minimum absolute atomic E-state index is 0.370. The second kappa shape index (κ2) is 8.75. The van der Waals surface area contributed by atoms with Crippen LogP contribution < -0.4 is 4.74 Å². The zero-order valence-corrected chi connectivity index (χ0v) is 18.9. The first-order valence-corrected chi connectivity index (χ1v) is 11.4. The number of hydrogen-bond donors (Lipinski definition) is 0. The molecule has 5 aromatic rings. The molecule has 0 unspecified atom stereocenters. The van der Waals surface area contributed by atoms with Crippen molar-refractivity contribution in [2.45, 2.75) is 0 Å². The van der Waals surface area contributed by atoms with Gasteiger partial charge in [-0.2, -0.15) is 0 Å². The van der Waals surface area contributed by atoms with Gasteiger partial charge in [0.1, 0.15) is 10.6 Å². The normalized spacial score (nSPS) is 11.4. The van der Waals surface area contributed by atoms with E-state index in [-0.39, 0.29) is 0 Å². The highest BCUT2D eigenvalue weighted by Crippen LogP contribution is 2.36. The molecule has 0 fully saturated rings. The summed E-state index contributed by atoms with van der Waals surface area (Å²) in [6, 6.07) is 26.5. The molecule has 0 aliphatic rings. The second-order valence-corrected chi connectivity index (χ2v) is 8.88. The van der Waals surface area contributed by atoms with Gasteiger partial charge in [-0.3, -0.25) is 4.99 Å². The van der Waals surface area contributed by atoms with Crippen LogP contribution in [0, 0.1) is 0 Å². The number of carbonyl (C=O) groups excluding carboxylic acids is 1. The number of rotatable bonds is 4. The number of ether oxygens (including phenoxy) is 1. The fourth-order valence-corrected chi connectivity index (χ4v) is 5.05. The van der Waals surface area contributed by atoms with Crippen molar-refractivity contribution in [2.24, 2.45) is 4.99 Å². The van der Waals surface area contributed by atoms with Crippen LogP contribution in [0.1, 0.15) is 15.2 Å². The van der Waals surface area contributed by atoms with E-state index in [9.17, 15) is 4.79 Å². The van der Waals surface area contributed by atoms with Gasteiger partial charge in [0.25, 0.3) is 0 Å². The predicted octanol–water partition coefficient (Wildman–Crippen LogP) is 8.33. The second-order valence-electron chi connectivity index (χ2n) is 7.04. The number of carbonyl (C=O) groups is 1. The number of halogens is 2. The lowest BCUT2D eigenvalue weighted by Crippen LogP contribution is -2.09. The van der Waals surface area contributed by atoms with Gasteiger partial charge in [-0.15, -0.1) is 11.3 Å². The molecule has 0 bridgehead atoms. The third-order valence-electron chi connectivity index (χ3n) is 5.04. The lowest BCUT2D eigenvalue weighted by Gasteiger charge is -2.10. The lowest BCUT2D eigenvalue weighted by molar-refractivity contribution is 0.0740. The Balaban J connectivity index is 1.57. The van der Waals surface area contributed by atoms with Gasteiger partial charge in [0.05, 0.1) is 15.7 Å². The molecule has 1 heterocycles. The Kier molecular flexibility index (Phi) is 5.66. The summed E-state index contributed by atoms with van der Waals surface area (Å²) in [4.78, 5) is 18.0. The lowest BCUT2D eigenvalue weighted by atomic mass is 10.0. The molecular weight excluding hydrogens is 461 g/mol. The van der Waals surface area contributed by atoms with E-state index >= 15 is 0 Å². The molecule has 0 N–H and O–H groups in total. The van der Waals surface area contributed by atoms with Crippen molar-refractivity contribution in [3.05, 3.63) is 105 Å². The Morgan fingerprint density at radius 1 is 0.844 bits per heavy atom. The number of thiophene rings is 1. The van der Waals surface area contributed by atoms with E-state index in [1.165, 1.54) is 11.3 Å². The zero-order chi connectivity index (χ0) is 22.1. The van der Waals surface area contributed by atoms with E-state index in [4.69, 9.17) is 27.9 Å². The summed E-state index contributed by atoms with van der Waals surface area (Å²) in [5.74, 6) is -0.100. The van der Waals surface area contributed by atoms with E-state index in [0.29, 0.717) is 31.9 Å². The zero-order valence-electron chi connectivity index (χ0n) is 16.6. The van der Waals surface area contributed by atoms with Gasteiger partial charge in [0, 0.05) is 21.9 Å². The van der Waals surface area contributed by atoms with Crippen molar-refractivity contribution < 1.29 is 9.53 Å². The summed E-state index contributed by atoms with van der Waals surface area (Å²) in [5.41, 5.74) is 1.32. The van der Waals surface area contributed by atoms with Gasteiger partial charge in [-0.05, 0) is 35.0 Å². The van der Waals surface area contributed by atoms with Crippen molar-refractivity contribution >= 4 is 73.3 Å². The SMILES string of the molecule is O=C(Oc1ccc2ccccc2c1C=Nc1ccccc1Cl)c1sc2ccccc2c1Cl. The molecule has 32 heavy (non-hydrogen) atoms. The number of aliphatic imine (C=N–C) groups is 1. The molecule has 0 saturated carbocycles. The van der Waals surface area contributed by atoms with Crippen molar-refractivity contribution in [2.75, 3.05) is 0 Å². The van der Waals surface area contributed by atoms with Crippen molar-refractivity contribution in [3.8, 4) is 5.75 Å². The van der Waals surface area contributed by atoms with Crippen LogP contribution in [0.2, 0.25) is 10.0 Å². The highest BCUT2D eigenvalue weighted by molar-refractivity contribution is 7.21. The molecule has 4 aromatic carbocycles. The first-order valence-electron chi connectivity index (χ1n) is 9.81. The van der Waals surface area contributed by atoms with E-state index in [1.807, 2.05) is 72.8 Å². The average molecular weight is 476 g/mol. The largest absolute Gasteiger partial charge is 0.422 e. The van der Waals surface area contributed by atoms with E-state index < -0.39 is 5.97 Å².